The summed E-state index contributed by atoms with van der Waals surface area (Å²) in [6.07, 6.45) is 9.39. The van der Waals surface area contributed by atoms with Gasteiger partial charge in [-0.1, -0.05) is 12.1 Å². The minimum Gasteiger partial charge on any atom is -0.319 e. The van der Waals surface area contributed by atoms with Crippen molar-refractivity contribution in [3.05, 3.63) is 77.4 Å². The molecule has 2 saturated heterocycles. The number of carbonyl (C=O) groups excluding carboxylic acids is 1. The van der Waals surface area contributed by atoms with Crippen LogP contribution in [0.15, 0.2) is 60.0 Å². The number of benzene rings is 1. The van der Waals surface area contributed by atoms with Gasteiger partial charge in [-0.15, -0.1) is 0 Å². The Balaban J connectivity index is 1.18. The van der Waals surface area contributed by atoms with E-state index in [9.17, 15) is 4.79 Å². The van der Waals surface area contributed by atoms with E-state index in [4.69, 9.17) is 4.99 Å². The molecule has 7 heteroatoms. The number of hydrogen-bond acceptors (Lipinski definition) is 6. The number of fused-ring (bicyclic) bond motifs is 1. The Morgan fingerprint density at radius 2 is 1.72 bits per heavy atom. The van der Waals surface area contributed by atoms with E-state index in [1.54, 1.807) is 6.20 Å². The highest BCUT2D eigenvalue weighted by Crippen LogP contribution is 2.33. The zero-order valence-electron chi connectivity index (χ0n) is 20.8. The van der Waals surface area contributed by atoms with Crippen molar-refractivity contribution in [2.24, 2.45) is 4.99 Å². The van der Waals surface area contributed by atoms with Gasteiger partial charge in [-0.05, 0) is 93.3 Å². The molecule has 184 valence electrons. The van der Waals surface area contributed by atoms with Crippen molar-refractivity contribution in [2.75, 3.05) is 31.5 Å². The van der Waals surface area contributed by atoms with Gasteiger partial charge in [-0.2, -0.15) is 0 Å². The summed E-state index contributed by atoms with van der Waals surface area (Å²) >= 11 is 0. The highest BCUT2D eigenvalue weighted by molar-refractivity contribution is 6.50. The molecule has 3 aliphatic rings. The van der Waals surface area contributed by atoms with E-state index in [1.807, 2.05) is 31.5 Å². The number of hydrogen-bond donors (Lipinski definition) is 1. The van der Waals surface area contributed by atoms with Crippen LogP contribution in [-0.2, 0) is 17.9 Å². The number of aliphatic imine (C=N–C) groups is 1. The van der Waals surface area contributed by atoms with Crippen molar-refractivity contribution in [3.8, 4) is 11.1 Å². The first-order valence-corrected chi connectivity index (χ1v) is 13.0. The van der Waals surface area contributed by atoms with Crippen molar-refractivity contribution >= 4 is 17.3 Å². The van der Waals surface area contributed by atoms with Crippen LogP contribution in [0, 0.1) is 0 Å². The van der Waals surface area contributed by atoms with Crippen LogP contribution in [0.5, 0.6) is 0 Å². The Labute approximate surface area is 212 Å². The molecule has 2 fully saturated rings. The molecule has 5 heterocycles. The van der Waals surface area contributed by atoms with Crippen molar-refractivity contribution in [2.45, 2.75) is 45.3 Å². The van der Waals surface area contributed by atoms with Gasteiger partial charge < -0.3 is 5.32 Å². The molecule has 1 atom stereocenters. The van der Waals surface area contributed by atoms with Gasteiger partial charge in [0.25, 0.3) is 5.91 Å². The lowest BCUT2D eigenvalue weighted by Crippen LogP contribution is -2.36. The predicted molar refractivity (Wildman–Crippen MR) is 142 cm³/mol. The highest BCUT2D eigenvalue weighted by Gasteiger charge is 2.27. The SMILES string of the molecule is CC1N=C(C(=O)Nc2ccc(CN3CCCC3)nc2)c2cc(-c3cncc(CN4CCC4)c3)ccc21. The third kappa shape index (κ3) is 4.81. The summed E-state index contributed by atoms with van der Waals surface area (Å²) in [6.45, 7) is 8.42. The number of carbonyl (C=O) groups is 1. The number of nitrogens with zero attached hydrogens (tertiary/aromatic N) is 5. The minimum absolute atomic E-state index is 0.0494. The van der Waals surface area contributed by atoms with E-state index in [-0.39, 0.29) is 11.9 Å². The maximum absolute atomic E-state index is 13.3. The van der Waals surface area contributed by atoms with Crippen molar-refractivity contribution in [1.29, 1.82) is 0 Å². The molecule has 7 nitrogen and oxygen atoms in total. The lowest BCUT2D eigenvalue weighted by Gasteiger charge is -2.30. The molecule has 6 rings (SSSR count). The molecule has 1 N–H and O–H groups in total. The number of rotatable bonds is 7. The van der Waals surface area contributed by atoms with E-state index in [0.717, 1.165) is 67.2 Å². The lowest BCUT2D eigenvalue weighted by atomic mass is 9.96. The van der Waals surface area contributed by atoms with Crippen LogP contribution in [0.1, 0.15) is 54.6 Å². The molecule has 0 spiro atoms. The van der Waals surface area contributed by atoms with Gasteiger partial charge in [0.2, 0.25) is 0 Å². The molecular formula is C29H32N6O. The molecular weight excluding hydrogens is 448 g/mol. The number of pyridine rings is 2. The van der Waals surface area contributed by atoms with E-state index in [0.29, 0.717) is 11.4 Å². The molecule has 1 unspecified atom stereocenters. The second-order valence-electron chi connectivity index (χ2n) is 10.1. The first kappa shape index (κ1) is 23.0. The zero-order valence-corrected chi connectivity index (χ0v) is 20.8. The fourth-order valence-corrected chi connectivity index (χ4v) is 5.30. The Morgan fingerprint density at radius 3 is 2.47 bits per heavy atom. The largest absolute Gasteiger partial charge is 0.319 e. The van der Waals surface area contributed by atoms with Crippen LogP contribution in [0.25, 0.3) is 11.1 Å². The molecule has 1 amide bonds. The van der Waals surface area contributed by atoms with Gasteiger partial charge in [0.15, 0.2) is 0 Å². The summed E-state index contributed by atoms with van der Waals surface area (Å²) < 4.78 is 0. The van der Waals surface area contributed by atoms with E-state index < -0.39 is 0 Å². The third-order valence-corrected chi connectivity index (χ3v) is 7.45. The second-order valence-corrected chi connectivity index (χ2v) is 10.1. The molecule has 0 aliphatic carbocycles. The number of aromatic nitrogens is 2. The molecule has 36 heavy (non-hydrogen) atoms. The van der Waals surface area contributed by atoms with E-state index in [2.05, 4.69) is 49.4 Å². The quantitative estimate of drug-likeness (QED) is 0.541. The Hall–Kier alpha value is -3.42. The molecule has 1 aromatic carbocycles. The Kier molecular flexibility index (Phi) is 6.34. The first-order valence-electron chi connectivity index (χ1n) is 13.0. The molecule has 0 radical (unpaired) electrons. The number of nitrogens with one attached hydrogen (secondary N) is 1. The van der Waals surface area contributed by atoms with Crippen LogP contribution >= 0.6 is 0 Å². The molecule has 3 aliphatic heterocycles. The monoisotopic (exact) mass is 480 g/mol. The van der Waals surface area contributed by atoms with Gasteiger partial charge in [0.1, 0.15) is 5.71 Å². The summed E-state index contributed by atoms with van der Waals surface area (Å²) in [5.74, 6) is -0.198. The summed E-state index contributed by atoms with van der Waals surface area (Å²) in [5.41, 5.74) is 7.49. The van der Waals surface area contributed by atoms with Gasteiger partial charge >= 0.3 is 0 Å². The maximum Gasteiger partial charge on any atom is 0.274 e. The highest BCUT2D eigenvalue weighted by atomic mass is 16.1. The summed E-state index contributed by atoms with van der Waals surface area (Å²) in [6, 6.07) is 12.4. The standard InChI is InChI=1S/C29H32N6O/c1-20-26-8-5-22(23-13-21(15-30-16-23)18-34-11-4-12-34)14-27(26)28(32-20)29(36)33-24-6-7-25(31-17-24)19-35-9-2-3-10-35/h5-8,13-17,20H,2-4,9-12,18-19H2,1H3,(H,33,36). The molecule has 3 aromatic rings. The van der Waals surface area contributed by atoms with E-state index >= 15 is 0 Å². The van der Waals surface area contributed by atoms with E-state index in [1.165, 1.54) is 24.8 Å². The summed E-state index contributed by atoms with van der Waals surface area (Å²) in [5, 5.41) is 3.01. The summed E-state index contributed by atoms with van der Waals surface area (Å²) in [4.78, 5) is 31.9. The Morgan fingerprint density at radius 1 is 0.917 bits per heavy atom. The van der Waals surface area contributed by atoms with Crippen molar-refractivity contribution < 1.29 is 4.79 Å². The van der Waals surface area contributed by atoms with Crippen LogP contribution < -0.4 is 5.32 Å². The van der Waals surface area contributed by atoms with Crippen molar-refractivity contribution in [3.63, 3.8) is 0 Å². The fourth-order valence-electron chi connectivity index (χ4n) is 5.30. The molecule has 0 bridgehead atoms. The smallest absolute Gasteiger partial charge is 0.274 e. The zero-order chi connectivity index (χ0) is 24.5. The lowest BCUT2D eigenvalue weighted by molar-refractivity contribution is -0.110. The first-order chi connectivity index (χ1) is 17.6. The third-order valence-electron chi connectivity index (χ3n) is 7.45. The Bertz CT molecular complexity index is 1290. The molecule has 2 aromatic heterocycles. The number of likely N-dealkylation sites (tertiary alicyclic amines) is 2. The van der Waals surface area contributed by atoms with Gasteiger partial charge in [-0.25, -0.2) is 0 Å². The number of anilines is 1. The molecule has 0 saturated carbocycles. The topological polar surface area (TPSA) is 73.7 Å². The minimum atomic E-state index is -0.198. The van der Waals surface area contributed by atoms with Crippen molar-refractivity contribution in [1.82, 2.24) is 19.8 Å². The van der Waals surface area contributed by atoms with Crippen LogP contribution in [0.3, 0.4) is 0 Å². The average Bonchev–Trinajstić information content (AvgIpc) is 3.50. The van der Waals surface area contributed by atoms with Crippen LogP contribution in [0.2, 0.25) is 0 Å². The second kappa shape index (κ2) is 9.91. The van der Waals surface area contributed by atoms with Crippen LogP contribution in [-0.4, -0.2) is 57.6 Å². The van der Waals surface area contributed by atoms with Gasteiger partial charge in [0.05, 0.1) is 23.6 Å². The average molecular weight is 481 g/mol. The normalized spacial score (nSPS) is 19.6. The van der Waals surface area contributed by atoms with Gasteiger partial charge in [-0.3, -0.25) is 29.6 Å². The number of amides is 1. The maximum atomic E-state index is 13.3. The predicted octanol–water partition coefficient (Wildman–Crippen LogP) is 4.45. The van der Waals surface area contributed by atoms with Gasteiger partial charge in [0, 0.05) is 36.6 Å². The van der Waals surface area contributed by atoms with Crippen LogP contribution in [0.4, 0.5) is 5.69 Å². The summed E-state index contributed by atoms with van der Waals surface area (Å²) in [7, 11) is 0. The fraction of sp³-hybridized carbons (Fsp3) is 0.379.